The zero-order valence-corrected chi connectivity index (χ0v) is 13.2. The van der Waals surface area contributed by atoms with Crippen molar-refractivity contribution in [3.8, 4) is 0 Å². The molecule has 114 valence electrons. The second kappa shape index (κ2) is 8.93. The van der Waals surface area contributed by atoms with Crippen LogP contribution in [0.25, 0.3) is 0 Å². The Bertz CT molecular complexity index is 393. The van der Waals surface area contributed by atoms with Crippen LogP contribution in [0, 0.1) is 5.82 Å². The lowest BCUT2D eigenvalue weighted by Crippen LogP contribution is -2.26. The molecule has 4 heteroatoms. The summed E-state index contributed by atoms with van der Waals surface area (Å²) in [6, 6.07) is 5.33. The van der Waals surface area contributed by atoms with E-state index in [1.165, 1.54) is 0 Å². The maximum Gasteiger partial charge on any atom is 0.146 e. The van der Waals surface area contributed by atoms with Gasteiger partial charge < -0.3 is 15.1 Å². The average molecular weight is 281 g/mol. The molecule has 0 spiro atoms. The van der Waals surface area contributed by atoms with E-state index < -0.39 is 0 Å². The molecule has 0 aliphatic rings. The Labute approximate surface area is 122 Å². The third-order valence-electron chi connectivity index (χ3n) is 3.29. The minimum absolute atomic E-state index is 0.131. The van der Waals surface area contributed by atoms with Crippen LogP contribution in [0.15, 0.2) is 18.2 Å². The minimum Gasteiger partial charge on any atom is -0.372 e. The van der Waals surface area contributed by atoms with Crippen molar-refractivity contribution in [2.75, 3.05) is 45.7 Å². The van der Waals surface area contributed by atoms with Crippen LogP contribution in [0.3, 0.4) is 0 Å². The van der Waals surface area contributed by atoms with Crippen LogP contribution >= 0.6 is 0 Å². The zero-order valence-electron chi connectivity index (χ0n) is 13.2. The molecule has 3 nitrogen and oxygen atoms in total. The molecule has 0 saturated heterocycles. The maximum absolute atomic E-state index is 14.1. The number of benzene rings is 1. The van der Waals surface area contributed by atoms with Crippen LogP contribution in [0.5, 0.6) is 0 Å². The molecule has 0 aromatic heterocycles. The maximum atomic E-state index is 14.1. The molecule has 1 aromatic carbocycles. The van der Waals surface area contributed by atoms with Gasteiger partial charge in [-0.25, -0.2) is 4.39 Å². The summed E-state index contributed by atoms with van der Waals surface area (Å²) in [7, 11) is 6.09. The van der Waals surface area contributed by atoms with Crippen molar-refractivity contribution in [3.63, 3.8) is 0 Å². The smallest absolute Gasteiger partial charge is 0.146 e. The first kappa shape index (κ1) is 16.9. The van der Waals surface area contributed by atoms with Crippen molar-refractivity contribution >= 4 is 5.69 Å². The summed E-state index contributed by atoms with van der Waals surface area (Å²) in [5, 5.41) is 3.35. The predicted molar refractivity (Wildman–Crippen MR) is 84.8 cm³/mol. The molecule has 0 aliphatic carbocycles. The highest BCUT2D eigenvalue weighted by Crippen LogP contribution is 2.23. The van der Waals surface area contributed by atoms with Crippen LogP contribution in [-0.4, -0.2) is 45.7 Å². The molecule has 0 amide bonds. The van der Waals surface area contributed by atoms with Crippen molar-refractivity contribution in [1.29, 1.82) is 0 Å². The largest absolute Gasteiger partial charge is 0.372 e. The summed E-state index contributed by atoms with van der Waals surface area (Å²) in [5.74, 6) is -0.131. The van der Waals surface area contributed by atoms with E-state index in [1.807, 2.05) is 18.0 Å². The van der Waals surface area contributed by atoms with Gasteiger partial charge in [0.2, 0.25) is 0 Å². The van der Waals surface area contributed by atoms with E-state index in [4.69, 9.17) is 0 Å². The fourth-order valence-corrected chi connectivity index (χ4v) is 2.27. The number of hydrogen-bond acceptors (Lipinski definition) is 3. The topological polar surface area (TPSA) is 18.5 Å². The highest BCUT2D eigenvalue weighted by molar-refractivity contribution is 5.54. The normalized spacial score (nSPS) is 11.1. The third-order valence-corrected chi connectivity index (χ3v) is 3.29. The van der Waals surface area contributed by atoms with E-state index >= 15 is 0 Å². The van der Waals surface area contributed by atoms with Gasteiger partial charge in [-0.1, -0.05) is 19.1 Å². The molecule has 0 atom stereocenters. The zero-order chi connectivity index (χ0) is 15.0. The Morgan fingerprint density at radius 3 is 2.55 bits per heavy atom. The fraction of sp³-hybridized carbons (Fsp3) is 0.625. The number of rotatable bonds is 9. The first-order chi connectivity index (χ1) is 9.56. The lowest BCUT2D eigenvalue weighted by atomic mass is 10.1. The second-order valence-corrected chi connectivity index (χ2v) is 5.50. The molecular formula is C16H28FN3. The van der Waals surface area contributed by atoms with E-state index in [0.29, 0.717) is 0 Å². The SMILES string of the molecule is CCCNCc1cccc(F)c1N(C)CCCN(C)C. The number of hydrogen-bond donors (Lipinski definition) is 1. The van der Waals surface area contributed by atoms with Gasteiger partial charge in [0.25, 0.3) is 0 Å². The summed E-state index contributed by atoms with van der Waals surface area (Å²) in [5.41, 5.74) is 1.76. The molecule has 1 aromatic rings. The molecule has 0 saturated carbocycles. The summed E-state index contributed by atoms with van der Waals surface area (Å²) < 4.78 is 14.1. The van der Waals surface area contributed by atoms with Gasteiger partial charge >= 0.3 is 0 Å². The van der Waals surface area contributed by atoms with Crippen molar-refractivity contribution in [2.45, 2.75) is 26.3 Å². The third kappa shape index (κ3) is 5.47. The monoisotopic (exact) mass is 281 g/mol. The van der Waals surface area contributed by atoms with E-state index in [-0.39, 0.29) is 5.82 Å². The van der Waals surface area contributed by atoms with E-state index in [0.717, 1.165) is 50.3 Å². The molecule has 1 N–H and O–H groups in total. The van der Waals surface area contributed by atoms with E-state index in [1.54, 1.807) is 12.1 Å². The molecule has 0 radical (unpaired) electrons. The molecule has 0 heterocycles. The number of nitrogens with zero attached hydrogens (tertiary/aromatic N) is 2. The van der Waals surface area contributed by atoms with Gasteiger partial charge in [-0.05, 0) is 51.7 Å². The molecule has 0 aliphatic heterocycles. The number of anilines is 1. The van der Waals surface area contributed by atoms with E-state index in [2.05, 4.69) is 31.2 Å². The van der Waals surface area contributed by atoms with Gasteiger partial charge in [-0.2, -0.15) is 0 Å². The van der Waals surface area contributed by atoms with Crippen LogP contribution in [0.4, 0.5) is 10.1 Å². The number of para-hydroxylation sites is 1. The first-order valence-electron chi connectivity index (χ1n) is 7.40. The Balaban J connectivity index is 2.70. The van der Waals surface area contributed by atoms with Crippen molar-refractivity contribution in [1.82, 2.24) is 10.2 Å². The summed E-state index contributed by atoms with van der Waals surface area (Å²) in [6.07, 6.45) is 2.11. The second-order valence-electron chi connectivity index (χ2n) is 5.50. The highest BCUT2D eigenvalue weighted by atomic mass is 19.1. The lowest BCUT2D eigenvalue weighted by molar-refractivity contribution is 0.401. The number of nitrogens with one attached hydrogen (secondary N) is 1. The molecule has 0 fully saturated rings. The summed E-state index contributed by atoms with van der Waals surface area (Å²) >= 11 is 0. The lowest BCUT2D eigenvalue weighted by Gasteiger charge is -2.24. The van der Waals surface area contributed by atoms with Crippen LogP contribution in [0.1, 0.15) is 25.3 Å². The van der Waals surface area contributed by atoms with E-state index in [9.17, 15) is 4.39 Å². The summed E-state index contributed by atoms with van der Waals surface area (Å²) in [6.45, 7) is 5.69. The van der Waals surface area contributed by atoms with Crippen LogP contribution < -0.4 is 10.2 Å². The quantitative estimate of drug-likeness (QED) is 0.702. The van der Waals surface area contributed by atoms with Gasteiger partial charge in [0.15, 0.2) is 0 Å². The molecule has 20 heavy (non-hydrogen) atoms. The predicted octanol–water partition coefficient (Wildman–Crippen LogP) is 2.71. The average Bonchev–Trinajstić information content (AvgIpc) is 2.38. The Hall–Kier alpha value is -1.13. The Kier molecular flexibility index (Phi) is 7.55. The van der Waals surface area contributed by atoms with Gasteiger partial charge in [0.1, 0.15) is 5.82 Å². The van der Waals surface area contributed by atoms with Gasteiger partial charge in [-0.3, -0.25) is 0 Å². The van der Waals surface area contributed by atoms with Gasteiger partial charge in [-0.15, -0.1) is 0 Å². The fourth-order valence-electron chi connectivity index (χ4n) is 2.27. The standard InChI is InChI=1S/C16H28FN3/c1-5-10-18-13-14-8-6-9-15(17)16(14)20(4)12-7-11-19(2)3/h6,8-9,18H,5,7,10-13H2,1-4H3. The Morgan fingerprint density at radius 1 is 1.15 bits per heavy atom. The van der Waals surface area contributed by atoms with Crippen molar-refractivity contribution < 1.29 is 4.39 Å². The van der Waals surface area contributed by atoms with Crippen molar-refractivity contribution in [2.24, 2.45) is 0 Å². The minimum atomic E-state index is -0.131. The molecular weight excluding hydrogens is 253 g/mol. The number of halogens is 1. The van der Waals surface area contributed by atoms with Crippen LogP contribution in [0.2, 0.25) is 0 Å². The summed E-state index contributed by atoms with van der Waals surface area (Å²) in [4.78, 5) is 4.18. The Morgan fingerprint density at radius 2 is 1.90 bits per heavy atom. The molecule has 0 bridgehead atoms. The molecule has 0 unspecified atom stereocenters. The molecule has 1 rings (SSSR count). The van der Waals surface area contributed by atoms with Crippen molar-refractivity contribution in [3.05, 3.63) is 29.6 Å². The van der Waals surface area contributed by atoms with Crippen LogP contribution in [-0.2, 0) is 6.54 Å². The highest BCUT2D eigenvalue weighted by Gasteiger charge is 2.12. The van der Waals surface area contributed by atoms with Gasteiger partial charge in [0.05, 0.1) is 5.69 Å². The first-order valence-corrected chi connectivity index (χ1v) is 7.40. The van der Waals surface area contributed by atoms with Gasteiger partial charge in [0, 0.05) is 20.1 Å².